The highest BCUT2D eigenvalue weighted by atomic mass is 35.5. The molecule has 0 aliphatic carbocycles. The Labute approximate surface area is 127 Å². The van der Waals surface area contributed by atoms with Crippen LogP contribution in [0.2, 0.25) is 5.28 Å². The molecule has 114 valence electrons. The van der Waals surface area contributed by atoms with E-state index in [2.05, 4.69) is 15.0 Å². The van der Waals surface area contributed by atoms with Gasteiger partial charge in [0.2, 0.25) is 5.28 Å². The van der Waals surface area contributed by atoms with Crippen molar-refractivity contribution >= 4 is 28.6 Å². The van der Waals surface area contributed by atoms with Crippen LogP contribution in [0.1, 0.15) is 11.1 Å². The lowest BCUT2D eigenvalue weighted by Crippen LogP contribution is -2.05. The number of alkyl halides is 3. The van der Waals surface area contributed by atoms with Crippen LogP contribution in [0.3, 0.4) is 0 Å². The summed E-state index contributed by atoms with van der Waals surface area (Å²) >= 11 is 5.76. The van der Waals surface area contributed by atoms with Crippen molar-refractivity contribution in [2.75, 3.05) is 5.73 Å². The maximum atomic E-state index is 12.5. The summed E-state index contributed by atoms with van der Waals surface area (Å²) in [4.78, 5) is 11.9. The van der Waals surface area contributed by atoms with Gasteiger partial charge in [-0.25, -0.2) is 4.98 Å². The summed E-state index contributed by atoms with van der Waals surface area (Å²) in [6, 6.07) is 4.87. The first-order chi connectivity index (χ1) is 10.3. The van der Waals surface area contributed by atoms with E-state index in [-0.39, 0.29) is 11.1 Å². The first-order valence-corrected chi connectivity index (χ1v) is 6.52. The van der Waals surface area contributed by atoms with Gasteiger partial charge in [-0.05, 0) is 29.3 Å². The number of imidazole rings is 1. The second kappa shape index (κ2) is 5.13. The molecule has 0 aliphatic heterocycles. The number of fused-ring (bicyclic) bond motifs is 1. The van der Waals surface area contributed by atoms with Gasteiger partial charge in [-0.1, -0.05) is 12.1 Å². The largest absolute Gasteiger partial charge is 0.416 e. The van der Waals surface area contributed by atoms with Crippen molar-refractivity contribution in [3.8, 4) is 0 Å². The highest BCUT2D eigenvalue weighted by Crippen LogP contribution is 2.29. The number of rotatable bonds is 2. The second-order valence-electron chi connectivity index (χ2n) is 4.62. The Hall–Kier alpha value is -2.35. The number of aromatic nitrogens is 4. The molecule has 2 N–H and O–H groups in total. The molecule has 3 aromatic rings. The van der Waals surface area contributed by atoms with Crippen molar-refractivity contribution in [2.45, 2.75) is 12.7 Å². The van der Waals surface area contributed by atoms with Crippen LogP contribution in [0.15, 0.2) is 30.6 Å². The summed E-state index contributed by atoms with van der Waals surface area (Å²) in [5.41, 5.74) is 6.50. The third-order valence-corrected chi connectivity index (χ3v) is 3.27. The molecule has 0 amide bonds. The number of halogens is 4. The summed E-state index contributed by atoms with van der Waals surface area (Å²) in [7, 11) is 0. The van der Waals surface area contributed by atoms with Crippen molar-refractivity contribution in [1.82, 2.24) is 19.5 Å². The normalized spacial score (nSPS) is 12.0. The molecule has 9 heteroatoms. The van der Waals surface area contributed by atoms with Gasteiger partial charge in [0.1, 0.15) is 5.52 Å². The summed E-state index contributed by atoms with van der Waals surface area (Å²) in [6.45, 7) is 0.293. The maximum absolute atomic E-state index is 12.5. The lowest BCUT2D eigenvalue weighted by atomic mass is 10.1. The average Bonchev–Trinajstić information content (AvgIpc) is 2.82. The van der Waals surface area contributed by atoms with Crippen LogP contribution in [-0.4, -0.2) is 19.5 Å². The van der Waals surface area contributed by atoms with Gasteiger partial charge >= 0.3 is 6.18 Å². The molecular weight excluding hydrogens is 319 g/mol. The molecule has 0 radical (unpaired) electrons. The van der Waals surface area contributed by atoms with Crippen LogP contribution < -0.4 is 5.73 Å². The van der Waals surface area contributed by atoms with Crippen molar-refractivity contribution in [3.05, 3.63) is 47.0 Å². The number of benzene rings is 1. The first kappa shape index (κ1) is 14.6. The van der Waals surface area contributed by atoms with E-state index in [1.807, 2.05) is 0 Å². The zero-order valence-corrected chi connectivity index (χ0v) is 11.7. The van der Waals surface area contributed by atoms with Crippen LogP contribution >= 0.6 is 11.6 Å². The second-order valence-corrected chi connectivity index (χ2v) is 4.96. The van der Waals surface area contributed by atoms with E-state index in [1.54, 1.807) is 4.57 Å². The van der Waals surface area contributed by atoms with Crippen molar-refractivity contribution in [2.24, 2.45) is 0 Å². The highest BCUT2D eigenvalue weighted by Gasteiger charge is 2.29. The molecule has 22 heavy (non-hydrogen) atoms. The number of nitrogens with zero attached hydrogens (tertiary/aromatic N) is 4. The maximum Gasteiger partial charge on any atom is 0.416 e. The molecule has 2 heterocycles. The van der Waals surface area contributed by atoms with Crippen molar-refractivity contribution in [3.63, 3.8) is 0 Å². The van der Waals surface area contributed by atoms with Gasteiger partial charge in [-0.2, -0.15) is 23.1 Å². The first-order valence-electron chi connectivity index (χ1n) is 6.14. The Kier molecular flexibility index (Phi) is 3.40. The van der Waals surface area contributed by atoms with E-state index in [4.69, 9.17) is 17.3 Å². The molecule has 2 aromatic heterocycles. The van der Waals surface area contributed by atoms with Gasteiger partial charge < -0.3 is 10.3 Å². The molecule has 3 rings (SSSR count). The van der Waals surface area contributed by atoms with Crippen LogP contribution in [0.25, 0.3) is 11.2 Å². The van der Waals surface area contributed by atoms with E-state index in [9.17, 15) is 13.2 Å². The number of nitrogen functional groups attached to an aromatic ring is 1. The van der Waals surface area contributed by atoms with Crippen LogP contribution in [0, 0.1) is 0 Å². The molecular formula is C13H9ClF3N5. The summed E-state index contributed by atoms with van der Waals surface area (Å²) in [5, 5.41) is -0.0147. The fourth-order valence-electron chi connectivity index (χ4n) is 2.05. The van der Waals surface area contributed by atoms with E-state index < -0.39 is 11.7 Å². The number of anilines is 1. The topological polar surface area (TPSA) is 69.6 Å². The molecule has 1 aromatic carbocycles. The minimum absolute atomic E-state index is 0.0147. The van der Waals surface area contributed by atoms with Crippen molar-refractivity contribution in [1.29, 1.82) is 0 Å². The van der Waals surface area contributed by atoms with Gasteiger partial charge in [0.05, 0.1) is 18.4 Å². The minimum atomic E-state index is -4.35. The lowest BCUT2D eigenvalue weighted by molar-refractivity contribution is -0.137. The van der Waals surface area contributed by atoms with Gasteiger partial charge in [-0.3, -0.25) is 0 Å². The summed E-state index contributed by atoms with van der Waals surface area (Å²) < 4.78 is 39.2. The van der Waals surface area contributed by atoms with E-state index in [0.29, 0.717) is 23.3 Å². The molecule has 5 nitrogen and oxygen atoms in total. The monoisotopic (exact) mass is 327 g/mol. The van der Waals surface area contributed by atoms with Gasteiger partial charge in [0, 0.05) is 0 Å². The molecule has 0 atom stereocenters. The van der Waals surface area contributed by atoms with E-state index in [1.165, 1.54) is 18.5 Å². The zero-order chi connectivity index (χ0) is 15.9. The Bertz CT molecular complexity index is 826. The molecule has 0 bridgehead atoms. The van der Waals surface area contributed by atoms with E-state index >= 15 is 0 Å². The van der Waals surface area contributed by atoms with Gasteiger partial charge in [-0.15, -0.1) is 0 Å². The average molecular weight is 328 g/mol. The third kappa shape index (κ3) is 2.69. The molecule has 0 aliphatic rings. The lowest BCUT2D eigenvalue weighted by Gasteiger charge is -2.08. The zero-order valence-electron chi connectivity index (χ0n) is 11.0. The SMILES string of the molecule is Nc1nc(Cl)nc2c1ncn2Cc1ccc(C(F)(F)F)cc1. The third-order valence-electron chi connectivity index (χ3n) is 3.10. The summed E-state index contributed by atoms with van der Waals surface area (Å²) in [5.74, 6) is 0.154. The molecule has 0 fully saturated rings. The predicted molar refractivity (Wildman–Crippen MR) is 75.3 cm³/mol. The molecule has 0 spiro atoms. The fourth-order valence-corrected chi connectivity index (χ4v) is 2.22. The highest BCUT2D eigenvalue weighted by molar-refractivity contribution is 6.28. The van der Waals surface area contributed by atoms with E-state index in [0.717, 1.165) is 12.1 Å². The smallest absolute Gasteiger partial charge is 0.382 e. The minimum Gasteiger partial charge on any atom is -0.382 e. The van der Waals surface area contributed by atoms with Crippen molar-refractivity contribution < 1.29 is 13.2 Å². The molecule has 0 saturated carbocycles. The number of hydrogen-bond acceptors (Lipinski definition) is 4. The van der Waals surface area contributed by atoms with Crippen LogP contribution in [0.4, 0.5) is 19.0 Å². The fraction of sp³-hybridized carbons (Fsp3) is 0.154. The molecule has 0 saturated heterocycles. The van der Waals surface area contributed by atoms with Crippen LogP contribution in [0.5, 0.6) is 0 Å². The van der Waals surface area contributed by atoms with Gasteiger partial charge in [0.25, 0.3) is 0 Å². The standard InChI is InChI=1S/C13H9ClF3N5/c14-12-20-10(18)9-11(21-12)22(6-19-9)5-7-1-3-8(4-2-7)13(15,16)17/h1-4,6H,5H2,(H2,18,20,21). The Morgan fingerprint density at radius 1 is 1.14 bits per heavy atom. The number of nitrogens with two attached hydrogens (primary N) is 1. The van der Waals surface area contributed by atoms with Gasteiger partial charge in [0.15, 0.2) is 11.5 Å². The van der Waals surface area contributed by atoms with Crippen LogP contribution in [-0.2, 0) is 12.7 Å². The Morgan fingerprint density at radius 2 is 1.82 bits per heavy atom. The molecule has 0 unspecified atom stereocenters. The predicted octanol–water partition coefficient (Wildman–Crippen LogP) is 3.13. The Balaban J connectivity index is 1.93. The number of hydrogen-bond donors (Lipinski definition) is 1. The summed E-state index contributed by atoms with van der Waals surface area (Å²) in [6.07, 6.45) is -2.86. The quantitative estimate of drug-likeness (QED) is 0.734. The Morgan fingerprint density at radius 3 is 2.45 bits per heavy atom.